The second kappa shape index (κ2) is 5.59. The van der Waals surface area contributed by atoms with Gasteiger partial charge in [0, 0.05) is 38.0 Å². The third-order valence-corrected chi connectivity index (χ3v) is 2.63. The highest BCUT2D eigenvalue weighted by Crippen LogP contribution is 2.09. The van der Waals surface area contributed by atoms with Crippen LogP contribution < -0.4 is 10.5 Å². The lowest BCUT2D eigenvalue weighted by atomic mass is 10.0. The van der Waals surface area contributed by atoms with Crippen molar-refractivity contribution in [2.24, 2.45) is 12.8 Å². The summed E-state index contributed by atoms with van der Waals surface area (Å²) in [6.45, 7) is 0. The van der Waals surface area contributed by atoms with Gasteiger partial charge < -0.3 is 10.5 Å². The van der Waals surface area contributed by atoms with Crippen LogP contribution >= 0.6 is 0 Å². The number of nitrogens with zero attached hydrogens (tertiary/aromatic N) is 4. The first-order valence-corrected chi connectivity index (χ1v) is 5.77. The maximum atomic E-state index is 6.08. The number of aromatic nitrogens is 4. The van der Waals surface area contributed by atoms with Gasteiger partial charge in [-0.2, -0.15) is 0 Å². The van der Waals surface area contributed by atoms with E-state index < -0.39 is 0 Å². The van der Waals surface area contributed by atoms with Gasteiger partial charge in [0.2, 0.25) is 5.88 Å². The van der Waals surface area contributed by atoms with Crippen LogP contribution in [0.4, 0.5) is 0 Å². The molecule has 2 heterocycles. The number of hydrogen-bond acceptors (Lipinski definition) is 5. The van der Waals surface area contributed by atoms with Crippen molar-refractivity contribution in [3.8, 4) is 5.88 Å². The van der Waals surface area contributed by atoms with E-state index in [0.717, 1.165) is 17.7 Å². The van der Waals surface area contributed by atoms with Gasteiger partial charge in [-0.1, -0.05) is 11.3 Å². The van der Waals surface area contributed by atoms with E-state index >= 15 is 0 Å². The highest BCUT2D eigenvalue weighted by Gasteiger charge is 2.08. The number of pyridine rings is 1. The van der Waals surface area contributed by atoms with Crippen molar-refractivity contribution in [2.75, 3.05) is 7.11 Å². The molecule has 6 nitrogen and oxygen atoms in total. The van der Waals surface area contributed by atoms with Gasteiger partial charge in [0.25, 0.3) is 0 Å². The molecule has 0 saturated carbocycles. The van der Waals surface area contributed by atoms with Crippen molar-refractivity contribution in [2.45, 2.75) is 18.9 Å². The van der Waals surface area contributed by atoms with Crippen molar-refractivity contribution in [3.05, 3.63) is 35.8 Å². The molecule has 2 N–H and O–H groups in total. The van der Waals surface area contributed by atoms with Crippen LogP contribution in [0.3, 0.4) is 0 Å². The molecule has 0 spiro atoms. The molecule has 2 aromatic heterocycles. The van der Waals surface area contributed by atoms with Gasteiger partial charge >= 0.3 is 0 Å². The number of ether oxygens (including phenoxy) is 1. The Labute approximate surface area is 106 Å². The minimum Gasteiger partial charge on any atom is -0.481 e. The van der Waals surface area contributed by atoms with Crippen LogP contribution in [0.1, 0.15) is 11.3 Å². The fraction of sp³-hybridized carbons (Fsp3) is 0.417. The third-order valence-electron chi connectivity index (χ3n) is 2.63. The van der Waals surface area contributed by atoms with Gasteiger partial charge in [-0.25, -0.2) is 4.98 Å². The molecule has 0 fully saturated rings. The molecule has 96 valence electrons. The third kappa shape index (κ3) is 3.27. The zero-order valence-corrected chi connectivity index (χ0v) is 10.6. The minimum atomic E-state index is 0.0110. The molecular formula is C12H17N5O. The highest BCUT2D eigenvalue weighted by molar-refractivity contribution is 5.18. The predicted octanol–water partition coefficient (Wildman–Crippen LogP) is 0.331. The zero-order chi connectivity index (χ0) is 13.0. The largest absolute Gasteiger partial charge is 0.481 e. The molecule has 6 heteroatoms. The van der Waals surface area contributed by atoms with E-state index in [2.05, 4.69) is 15.3 Å². The Morgan fingerprint density at radius 1 is 1.39 bits per heavy atom. The van der Waals surface area contributed by atoms with E-state index in [-0.39, 0.29) is 6.04 Å². The first kappa shape index (κ1) is 12.5. The average molecular weight is 247 g/mol. The van der Waals surface area contributed by atoms with Crippen LogP contribution in [0.15, 0.2) is 24.5 Å². The minimum absolute atomic E-state index is 0.0110. The van der Waals surface area contributed by atoms with Gasteiger partial charge in [-0.05, 0) is 12.0 Å². The molecule has 0 aliphatic heterocycles. The van der Waals surface area contributed by atoms with Crippen LogP contribution in [-0.2, 0) is 19.9 Å². The fourth-order valence-corrected chi connectivity index (χ4v) is 1.78. The average Bonchev–Trinajstić information content (AvgIpc) is 2.75. The van der Waals surface area contributed by atoms with Crippen LogP contribution in [0, 0.1) is 0 Å². The van der Waals surface area contributed by atoms with Gasteiger partial charge in [0.05, 0.1) is 12.8 Å². The van der Waals surface area contributed by atoms with Crippen LogP contribution in [0.25, 0.3) is 0 Å². The summed E-state index contributed by atoms with van der Waals surface area (Å²) in [4.78, 5) is 4.15. The van der Waals surface area contributed by atoms with Crippen LogP contribution in [-0.4, -0.2) is 33.1 Å². The van der Waals surface area contributed by atoms with E-state index in [9.17, 15) is 0 Å². The molecule has 2 rings (SSSR count). The fourth-order valence-electron chi connectivity index (χ4n) is 1.78. The van der Waals surface area contributed by atoms with Crippen molar-refractivity contribution < 1.29 is 4.74 Å². The summed E-state index contributed by atoms with van der Waals surface area (Å²) in [5, 5.41) is 7.90. The standard InChI is InChI=1S/C12H17N5O/c1-17-8-11(15-16-17)6-10(13)5-9-3-4-12(18-2)14-7-9/h3-4,7-8,10H,5-6,13H2,1-2H3. The SMILES string of the molecule is COc1ccc(CC(N)Cc2cn(C)nn2)cn1. The summed E-state index contributed by atoms with van der Waals surface area (Å²) >= 11 is 0. The Morgan fingerprint density at radius 2 is 2.22 bits per heavy atom. The normalized spacial score (nSPS) is 12.4. The van der Waals surface area contributed by atoms with Gasteiger partial charge in [0.15, 0.2) is 0 Å². The first-order valence-electron chi connectivity index (χ1n) is 5.77. The summed E-state index contributed by atoms with van der Waals surface area (Å²) in [6, 6.07) is 3.82. The molecule has 1 unspecified atom stereocenters. The van der Waals surface area contributed by atoms with E-state index in [0.29, 0.717) is 12.3 Å². The van der Waals surface area contributed by atoms with E-state index in [1.165, 1.54) is 0 Å². The Hall–Kier alpha value is -1.95. The summed E-state index contributed by atoms with van der Waals surface area (Å²) in [5.41, 5.74) is 8.08. The first-order chi connectivity index (χ1) is 8.67. The Bertz CT molecular complexity index is 493. The maximum Gasteiger partial charge on any atom is 0.212 e. The lowest BCUT2D eigenvalue weighted by Gasteiger charge is -2.09. The molecule has 0 amide bonds. The summed E-state index contributed by atoms with van der Waals surface area (Å²) in [5.74, 6) is 0.612. The molecule has 0 bridgehead atoms. The summed E-state index contributed by atoms with van der Waals surface area (Å²) in [6.07, 6.45) is 5.13. The molecule has 0 radical (unpaired) electrons. The molecular weight excluding hydrogens is 230 g/mol. The molecule has 0 aliphatic carbocycles. The number of aryl methyl sites for hydroxylation is 1. The van der Waals surface area contributed by atoms with Crippen molar-refractivity contribution >= 4 is 0 Å². The topological polar surface area (TPSA) is 78.9 Å². The molecule has 0 aliphatic rings. The second-order valence-electron chi connectivity index (χ2n) is 4.26. The van der Waals surface area contributed by atoms with Crippen molar-refractivity contribution in [1.82, 2.24) is 20.0 Å². The van der Waals surface area contributed by atoms with Crippen molar-refractivity contribution in [3.63, 3.8) is 0 Å². The summed E-state index contributed by atoms with van der Waals surface area (Å²) in [7, 11) is 3.44. The monoisotopic (exact) mass is 247 g/mol. The molecule has 1 atom stereocenters. The van der Waals surface area contributed by atoms with Gasteiger partial charge in [-0.15, -0.1) is 5.10 Å². The number of rotatable bonds is 5. The Kier molecular flexibility index (Phi) is 3.88. The van der Waals surface area contributed by atoms with E-state index in [1.807, 2.05) is 25.4 Å². The Morgan fingerprint density at radius 3 is 2.78 bits per heavy atom. The van der Waals surface area contributed by atoms with E-state index in [1.54, 1.807) is 18.0 Å². The lowest BCUT2D eigenvalue weighted by Crippen LogP contribution is -2.25. The molecule has 18 heavy (non-hydrogen) atoms. The lowest BCUT2D eigenvalue weighted by molar-refractivity contribution is 0.397. The predicted molar refractivity (Wildman–Crippen MR) is 67.2 cm³/mol. The Balaban J connectivity index is 1.91. The number of hydrogen-bond donors (Lipinski definition) is 1. The molecule has 0 saturated heterocycles. The van der Waals surface area contributed by atoms with E-state index in [4.69, 9.17) is 10.5 Å². The quantitative estimate of drug-likeness (QED) is 0.823. The highest BCUT2D eigenvalue weighted by atomic mass is 16.5. The maximum absolute atomic E-state index is 6.08. The smallest absolute Gasteiger partial charge is 0.212 e. The zero-order valence-electron chi connectivity index (χ0n) is 10.6. The van der Waals surface area contributed by atoms with Crippen molar-refractivity contribution in [1.29, 1.82) is 0 Å². The van der Waals surface area contributed by atoms with Gasteiger partial charge in [-0.3, -0.25) is 4.68 Å². The number of nitrogens with two attached hydrogens (primary N) is 1. The number of methoxy groups -OCH3 is 1. The van der Waals surface area contributed by atoms with Crippen LogP contribution in [0.2, 0.25) is 0 Å². The summed E-state index contributed by atoms with van der Waals surface area (Å²) < 4.78 is 6.69. The van der Waals surface area contributed by atoms with Gasteiger partial charge in [0.1, 0.15) is 0 Å². The molecule has 2 aromatic rings. The van der Waals surface area contributed by atoms with Crippen LogP contribution in [0.5, 0.6) is 5.88 Å². The second-order valence-corrected chi connectivity index (χ2v) is 4.26. The molecule has 0 aromatic carbocycles.